The Morgan fingerprint density at radius 2 is 2.04 bits per heavy atom. The number of furan rings is 1. The molecule has 0 atom stereocenters. The molecule has 1 aromatic heterocycles. The van der Waals surface area contributed by atoms with Crippen molar-refractivity contribution in [1.29, 1.82) is 0 Å². The van der Waals surface area contributed by atoms with Gasteiger partial charge in [0.2, 0.25) is 10.0 Å². The number of rotatable bonds is 8. The number of sulfonamides is 1. The summed E-state index contributed by atoms with van der Waals surface area (Å²) in [6.45, 7) is 5.73. The third-order valence-electron chi connectivity index (χ3n) is 3.19. The molecule has 0 aliphatic carbocycles. The van der Waals surface area contributed by atoms with E-state index in [-0.39, 0.29) is 28.8 Å². The minimum atomic E-state index is -3.80. The predicted octanol–water partition coefficient (Wildman–Crippen LogP) is 2.29. The molecule has 2 rings (SSSR count). The van der Waals surface area contributed by atoms with Gasteiger partial charge in [-0.05, 0) is 51.1 Å². The number of carbonyl (C=O) groups is 1. The van der Waals surface area contributed by atoms with Crippen LogP contribution in [0.3, 0.4) is 0 Å². The van der Waals surface area contributed by atoms with Crippen LogP contribution in [-0.4, -0.2) is 27.0 Å². The molecule has 0 fully saturated rings. The van der Waals surface area contributed by atoms with E-state index in [2.05, 4.69) is 10.0 Å². The summed E-state index contributed by atoms with van der Waals surface area (Å²) in [4.78, 5) is 12.2. The van der Waals surface area contributed by atoms with Gasteiger partial charge in [-0.2, -0.15) is 0 Å². The molecular formula is C17H22N2O5S. The molecule has 1 heterocycles. The largest absolute Gasteiger partial charge is 0.492 e. The van der Waals surface area contributed by atoms with Gasteiger partial charge >= 0.3 is 0 Å². The van der Waals surface area contributed by atoms with Gasteiger partial charge in [-0.15, -0.1) is 0 Å². The Kier molecular flexibility index (Phi) is 6.22. The maximum absolute atomic E-state index is 12.5. The fraction of sp³-hybridized carbons (Fsp3) is 0.353. The molecule has 0 aliphatic rings. The number of carbonyl (C=O) groups excluding carboxylic acids is 1. The molecule has 7 nitrogen and oxygen atoms in total. The molecular weight excluding hydrogens is 344 g/mol. The predicted molar refractivity (Wildman–Crippen MR) is 92.9 cm³/mol. The summed E-state index contributed by atoms with van der Waals surface area (Å²) in [5, 5.41) is 2.68. The van der Waals surface area contributed by atoms with Gasteiger partial charge in [0.05, 0.1) is 19.4 Å². The van der Waals surface area contributed by atoms with Crippen molar-refractivity contribution in [2.45, 2.75) is 38.3 Å². The fourth-order valence-corrected chi connectivity index (χ4v) is 3.61. The quantitative estimate of drug-likeness (QED) is 0.747. The van der Waals surface area contributed by atoms with E-state index in [1.165, 1.54) is 24.5 Å². The van der Waals surface area contributed by atoms with Gasteiger partial charge in [0.25, 0.3) is 5.91 Å². The van der Waals surface area contributed by atoms with Gasteiger partial charge in [0.15, 0.2) is 0 Å². The second kappa shape index (κ2) is 8.17. The number of nitrogens with one attached hydrogen (secondary N) is 2. The van der Waals surface area contributed by atoms with Crippen LogP contribution >= 0.6 is 0 Å². The normalized spacial score (nSPS) is 11.5. The first-order chi connectivity index (χ1) is 11.8. The van der Waals surface area contributed by atoms with Crippen molar-refractivity contribution >= 4 is 15.9 Å². The van der Waals surface area contributed by atoms with Gasteiger partial charge in [0.1, 0.15) is 16.4 Å². The zero-order chi connectivity index (χ0) is 18.4. The smallest absolute Gasteiger partial charge is 0.251 e. The van der Waals surface area contributed by atoms with Crippen LogP contribution in [0.25, 0.3) is 0 Å². The summed E-state index contributed by atoms with van der Waals surface area (Å²) in [7, 11) is -3.80. The van der Waals surface area contributed by atoms with Crippen LogP contribution in [0.2, 0.25) is 0 Å². The van der Waals surface area contributed by atoms with Crippen LogP contribution in [0.4, 0.5) is 0 Å². The van der Waals surface area contributed by atoms with Crippen molar-refractivity contribution in [2.75, 3.05) is 6.61 Å². The molecule has 0 saturated heterocycles. The second-order valence-corrected chi connectivity index (χ2v) is 7.31. The molecule has 8 heteroatoms. The SMILES string of the molecule is CCOc1ccc(C(=O)NCc2ccco2)cc1S(=O)(=O)NC(C)C. The molecule has 136 valence electrons. The molecule has 0 saturated carbocycles. The highest BCUT2D eigenvalue weighted by atomic mass is 32.2. The first kappa shape index (κ1) is 19.0. The summed E-state index contributed by atoms with van der Waals surface area (Å²) < 4.78 is 38.1. The molecule has 2 aromatic rings. The molecule has 0 aliphatic heterocycles. The molecule has 1 aromatic carbocycles. The minimum Gasteiger partial charge on any atom is -0.492 e. The Morgan fingerprint density at radius 3 is 2.64 bits per heavy atom. The number of benzene rings is 1. The zero-order valence-corrected chi connectivity index (χ0v) is 15.2. The number of amides is 1. The average molecular weight is 366 g/mol. The monoisotopic (exact) mass is 366 g/mol. The van der Waals surface area contributed by atoms with Gasteiger partial charge in [0, 0.05) is 11.6 Å². The maximum Gasteiger partial charge on any atom is 0.251 e. The summed E-state index contributed by atoms with van der Waals surface area (Å²) in [6.07, 6.45) is 1.51. The van der Waals surface area contributed by atoms with Crippen molar-refractivity contribution in [2.24, 2.45) is 0 Å². The molecule has 0 radical (unpaired) electrons. The third-order valence-corrected chi connectivity index (χ3v) is 4.87. The lowest BCUT2D eigenvalue weighted by atomic mass is 10.2. The van der Waals surface area contributed by atoms with Crippen LogP contribution in [0.15, 0.2) is 45.9 Å². The van der Waals surface area contributed by atoms with E-state index < -0.39 is 15.9 Å². The molecule has 0 bridgehead atoms. The lowest BCUT2D eigenvalue weighted by molar-refractivity contribution is 0.0947. The molecule has 2 N–H and O–H groups in total. The van der Waals surface area contributed by atoms with Gasteiger partial charge < -0.3 is 14.5 Å². The maximum atomic E-state index is 12.5. The van der Waals surface area contributed by atoms with E-state index in [0.29, 0.717) is 12.4 Å². The van der Waals surface area contributed by atoms with Gasteiger partial charge in [-0.25, -0.2) is 13.1 Å². The molecule has 1 amide bonds. The van der Waals surface area contributed by atoms with Crippen LogP contribution in [-0.2, 0) is 16.6 Å². The Balaban J connectivity index is 2.28. The van der Waals surface area contributed by atoms with Crippen molar-refractivity contribution in [3.8, 4) is 5.75 Å². The summed E-state index contributed by atoms with van der Waals surface area (Å²) >= 11 is 0. The molecule has 25 heavy (non-hydrogen) atoms. The zero-order valence-electron chi connectivity index (χ0n) is 14.4. The van der Waals surface area contributed by atoms with Crippen molar-refractivity contribution in [1.82, 2.24) is 10.0 Å². The number of hydrogen-bond donors (Lipinski definition) is 2. The van der Waals surface area contributed by atoms with E-state index in [1.807, 2.05) is 0 Å². The standard InChI is InChI=1S/C17H22N2O5S/c1-4-23-15-8-7-13(10-16(15)25(21,22)19-12(2)3)17(20)18-11-14-6-5-9-24-14/h5-10,12,19H,4,11H2,1-3H3,(H,18,20). The van der Waals surface area contributed by atoms with E-state index in [0.717, 1.165) is 0 Å². The Hall–Kier alpha value is -2.32. The topological polar surface area (TPSA) is 97.6 Å². The fourth-order valence-electron chi connectivity index (χ4n) is 2.19. The number of ether oxygens (including phenoxy) is 1. The highest BCUT2D eigenvalue weighted by molar-refractivity contribution is 7.89. The van der Waals surface area contributed by atoms with Crippen molar-refractivity contribution in [3.05, 3.63) is 47.9 Å². The van der Waals surface area contributed by atoms with Crippen molar-refractivity contribution in [3.63, 3.8) is 0 Å². The summed E-state index contributed by atoms with van der Waals surface area (Å²) in [5.41, 5.74) is 0.221. The lowest BCUT2D eigenvalue weighted by Crippen LogP contribution is -2.31. The molecule has 0 unspecified atom stereocenters. The van der Waals surface area contributed by atoms with E-state index in [9.17, 15) is 13.2 Å². The Morgan fingerprint density at radius 1 is 1.28 bits per heavy atom. The van der Waals surface area contributed by atoms with Crippen LogP contribution in [0.5, 0.6) is 5.75 Å². The van der Waals surface area contributed by atoms with Gasteiger partial charge in [-0.1, -0.05) is 0 Å². The lowest BCUT2D eigenvalue weighted by Gasteiger charge is -2.15. The number of hydrogen-bond acceptors (Lipinski definition) is 5. The van der Waals surface area contributed by atoms with E-state index in [1.54, 1.807) is 32.9 Å². The summed E-state index contributed by atoms with van der Waals surface area (Å²) in [5.74, 6) is 0.410. The van der Waals surface area contributed by atoms with E-state index in [4.69, 9.17) is 9.15 Å². The first-order valence-corrected chi connectivity index (χ1v) is 9.41. The van der Waals surface area contributed by atoms with E-state index >= 15 is 0 Å². The average Bonchev–Trinajstić information content (AvgIpc) is 3.05. The summed E-state index contributed by atoms with van der Waals surface area (Å²) in [6, 6.07) is 7.50. The minimum absolute atomic E-state index is 0.0614. The van der Waals surface area contributed by atoms with Crippen LogP contribution in [0, 0.1) is 0 Å². The Labute approximate surface area is 147 Å². The third kappa shape index (κ3) is 5.07. The molecule has 0 spiro atoms. The Bertz CT molecular complexity index is 814. The van der Waals surface area contributed by atoms with Crippen LogP contribution < -0.4 is 14.8 Å². The highest BCUT2D eigenvalue weighted by Crippen LogP contribution is 2.25. The highest BCUT2D eigenvalue weighted by Gasteiger charge is 2.22. The second-order valence-electron chi connectivity index (χ2n) is 5.63. The van der Waals surface area contributed by atoms with Gasteiger partial charge in [-0.3, -0.25) is 4.79 Å². The van der Waals surface area contributed by atoms with Crippen molar-refractivity contribution < 1.29 is 22.4 Å². The van der Waals surface area contributed by atoms with Crippen LogP contribution in [0.1, 0.15) is 36.9 Å². The first-order valence-electron chi connectivity index (χ1n) is 7.93.